The van der Waals surface area contributed by atoms with E-state index in [9.17, 15) is 4.79 Å². The van der Waals surface area contributed by atoms with Gasteiger partial charge in [-0.05, 0) is 18.2 Å². The maximum atomic E-state index is 11.1. The summed E-state index contributed by atoms with van der Waals surface area (Å²) in [6.07, 6.45) is 0. The largest absolute Gasteiger partial charge is 0.293 e. The number of aromatic amines is 1. The fraction of sp³-hybridized carbons (Fsp3) is 0.0909. The van der Waals surface area contributed by atoms with Crippen LogP contribution in [0.15, 0.2) is 34.8 Å². The summed E-state index contributed by atoms with van der Waals surface area (Å²) in [6, 6.07) is 9.54. The van der Waals surface area contributed by atoms with Crippen molar-refractivity contribution < 1.29 is 4.79 Å². The quantitative estimate of drug-likeness (QED) is 0.848. The molecule has 0 saturated carbocycles. The molecule has 4 heteroatoms. The number of nitrogens with zero attached hydrogens (tertiary/aromatic N) is 1. The molecule has 0 unspecified atom stereocenters. The zero-order valence-electron chi connectivity index (χ0n) is 8.12. The summed E-state index contributed by atoms with van der Waals surface area (Å²) in [7, 11) is 0. The van der Waals surface area contributed by atoms with Crippen LogP contribution in [0.2, 0.25) is 0 Å². The summed E-state index contributed by atoms with van der Waals surface area (Å²) < 4.78 is 1.02. The van der Waals surface area contributed by atoms with Crippen LogP contribution in [0, 0.1) is 0 Å². The monoisotopic (exact) mass is 264 g/mol. The van der Waals surface area contributed by atoms with Crippen LogP contribution in [0.5, 0.6) is 0 Å². The molecule has 0 fully saturated rings. The van der Waals surface area contributed by atoms with E-state index in [1.165, 1.54) is 6.92 Å². The lowest BCUT2D eigenvalue weighted by atomic mass is 10.1. The summed E-state index contributed by atoms with van der Waals surface area (Å²) in [5.74, 6) is -0.00846. The van der Waals surface area contributed by atoms with Gasteiger partial charge in [0, 0.05) is 17.0 Å². The molecule has 1 N–H and O–H groups in total. The number of ketones is 1. The third-order valence-electron chi connectivity index (χ3n) is 2.10. The van der Waals surface area contributed by atoms with E-state index in [1.54, 1.807) is 6.07 Å². The molecular weight excluding hydrogens is 256 g/mol. The first-order valence-electron chi connectivity index (χ1n) is 4.49. The maximum Gasteiger partial charge on any atom is 0.177 e. The fourth-order valence-corrected chi connectivity index (χ4v) is 1.53. The van der Waals surface area contributed by atoms with E-state index in [-0.39, 0.29) is 5.78 Å². The number of H-pyrrole nitrogens is 1. The zero-order valence-corrected chi connectivity index (χ0v) is 9.71. The van der Waals surface area contributed by atoms with Gasteiger partial charge in [-0.3, -0.25) is 9.89 Å². The van der Waals surface area contributed by atoms with Crippen molar-refractivity contribution in [1.29, 1.82) is 0 Å². The van der Waals surface area contributed by atoms with Crippen LogP contribution in [0.1, 0.15) is 17.4 Å². The second-order valence-corrected chi connectivity index (χ2v) is 4.15. The summed E-state index contributed by atoms with van der Waals surface area (Å²) in [5.41, 5.74) is 2.31. The van der Waals surface area contributed by atoms with Crippen LogP contribution >= 0.6 is 15.9 Å². The second-order valence-electron chi connectivity index (χ2n) is 3.23. The number of hydrogen-bond donors (Lipinski definition) is 1. The van der Waals surface area contributed by atoms with Crippen LogP contribution in [0.4, 0.5) is 0 Å². The Morgan fingerprint density at radius 1 is 1.33 bits per heavy atom. The Hall–Kier alpha value is -1.42. The van der Waals surface area contributed by atoms with Crippen molar-refractivity contribution in [2.24, 2.45) is 0 Å². The van der Waals surface area contributed by atoms with Gasteiger partial charge in [0.25, 0.3) is 0 Å². The minimum Gasteiger partial charge on any atom is -0.293 e. The molecule has 1 aromatic carbocycles. The molecule has 1 aromatic heterocycles. The van der Waals surface area contributed by atoms with Crippen molar-refractivity contribution in [1.82, 2.24) is 10.2 Å². The summed E-state index contributed by atoms with van der Waals surface area (Å²) >= 11 is 3.36. The second kappa shape index (κ2) is 3.98. The zero-order chi connectivity index (χ0) is 10.8. The molecule has 2 rings (SSSR count). The Bertz CT molecular complexity index is 488. The number of nitrogens with one attached hydrogen (secondary N) is 1. The molecule has 0 aliphatic carbocycles. The van der Waals surface area contributed by atoms with Crippen molar-refractivity contribution in [3.63, 3.8) is 0 Å². The number of aromatic nitrogens is 2. The minimum absolute atomic E-state index is 0.00846. The summed E-state index contributed by atoms with van der Waals surface area (Å²) in [4.78, 5) is 11.1. The van der Waals surface area contributed by atoms with Gasteiger partial charge in [-0.1, -0.05) is 28.1 Å². The topological polar surface area (TPSA) is 45.8 Å². The number of Topliss-reactive ketones (excluding diaryl/α,β-unsaturated/α-hetero) is 1. The normalized spacial score (nSPS) is 10.3. The van der Waals surface area contributed by atoms with E-state index in [1.807, 2.05) is 24.3 Å². The summed E-state index contributed by atoms with van der Waals surface area (Å²) in [6.45, 7) is 1.51. The van der Waals surface area contributed by atoms with Gasteiger partial charge < -0.3 is 0 Å². The Kier molecular flexibility index (Phi) is 2.68. The molecule has 0 aliphatic heterocycles. The predicted octanol–water partition coefficient (Wildman–Crippen LogP) is 3.04. The highest BCUT2D eigenvalue weighted by Crippen LogP contribution is 2.20. The van der Waals surface area contributed by atoms with Crippen molar-refractivity contribution in [3.8, 4) is 11.3 Å². The first-order chi connectivity index (χ1) is 7.16. The van der Waals surface area contributed by atoms with Crippen LogP contribution in [0.25, 0.3) is 11.3 Å². The number of rotatable bonds is 2. The third kappa shape index (κ3) is 2.15. The average molecular weight is 265 g/mol. The molecule has 0 saturated heterocycles. The highest BCUT2D eigenvalue weighted by molar-refractivity contribution is 9.10. The Labute approximate surface area is 95.6 Å². The van der Waals surface area contributed by atoms with Gasteiger partial charge in [0.2, 0.25) is 0 Å². The molecular formula is C11H9BrN2O. The van der Waals surface area contributed by atoms with E-state index >= 15 is 0 Å². The lowest BCUT2D eigenvalue weighted by molar-refractivity contribution is 0.101. The first kappa shape index (κ1) is 10.1. The molecule has 0 radical (unpaired) electrons. The van der Waals surface area contributed by atoms with Gasteiger partial charge in [-0.2, -0.15) is 5.10 Å². The van der Waals surface area contributed by atoms with Crippen LogP contribution < -0.4 is 0 Å². The molecule has 0 aliphatic rings. The van der Waals surface area contributed by atoms with E-state index in [0.29, 0.717) is 5.69 Å². The molecule has 15 heavy (non-hydrogen) atoms. The maximum absolute atomic E-state index is 11.1. The van der Waals surface area contributed by atoms with Gasteiger partial charge >= 0.3 is 0 Å². The number of carbonyl (C=O) groups excluding carboxylic acids is 1. The van der Waals surface area contributed by atoms with Gasteiger partial charge in [-0.25, -0.2) is 0 Å². The number of hydrogen-bond acceptors (Lipinski definition) is 2. The smallest absolute Gasteiger partial charge is 0.177 e. The minimum atomic E-state index is -0.00846. The van der Waals surface area contributed by atoms with Crippen molar-refractivity contribution in [3.05, 3.63) is 40.5 Å². The Morgan fingerprint density at radius 2 is 2.00 bits per heavy atom. The van der Waals surface area contributed by atoms with Crippen molar-refractivity contribution in [2.45, 2.75) is 6.92 Å². The number of benzene rings is 1. The molecule has 76 valence electrons. The van der Waals surface area contributed by atoms with Gasteiger partial charge in [0.15, 0.2) is 5.78 Å². The third-order valence-corrected chi connectivity index (χ3v) is 2.63. The molecule has 0 spiro atoms. The van der Waals surface area contributed by atoms with E-state index < -0.39 is 0 Å². The molecule has 0 amide bonds. The lowest BCUT2D eigenvalue weighted by Gasteiger charge is -1.95. The first-order valence-corrected chi connectivity index (χ1v) is 5.28. The average Bonchev–Trinajstić information content (AvgIpc) is 2.68. The van der Waals surface area contributed by atoms with Crippen LogP contribution in [0.3, 0.4) is 0 Å². The SMILES string of the molecule is CC(=O)c1cc(-c2ccc(Br)cc2)n[nH]1. The van der Waals surface area contributed by atoms with E-state index in [2.05, 4.69) is 26.1 Å². The van der Waals surface area contributed by atoms with Gasteiger partial charge in [0.05, 0.1) is 5.69 Å². The summed E-state index contributed by atoms with van der Waals surface area (Å²) in [5, 5.41) is 6.78. The lowest BCUT2D eigenvalue weighted by Crippen LogP contribution is -1.90. The van der Waals surface area contributed by atoms with Gasteiger partial charge in [0.1, 0.15) is 5.69 Å². The van der Waals surface area contributed by atoms with E-state index in [4.69, 9.17) is 0 Å². The molecule has 3 nitrogen and oxygen atoms in total. The Morgan fingerprint density at radius 3 is 2.53 bits per heavy atom. The highest BCUT2D eigenvalue weighted by Gasteiger charge is 2.06. The Balaban J connectivity index is 2.37. The van der Waals surface area contributed by atoms with Crippen LogP contribution in [-0.2, 0) is 0 Å². The number of halogens is 1. The molecule has 2 aromatic rings. The molecule has 1 heterocycles. The van der Waals surface area contributed by atoms with Crippen LogP contribution in [-0.4, -0.2) is 16.0 Å². The van der Waals surface area contributed by atoms with Gasteiger partial charge in [-0.15, -0.1) is 0 Å². The molecule has 0 bridgehead atoms. The standard InChI is InChI=1S/C11H9BrN2O/c1-7(15)10-6-11(14-13-10)8-2-4-9(12)5-3-8/h2-6H,1H3,(H,13,14). The highest BCUT2D eigenvalue weighted by atomic mass is 79.9. The predicted molar refractivity (Wildman–Crippen MR) is 61.7 cm³/mol. The van der Waals surface area contributed by atoms with Crippen molar-refractivity contribution >= 4 is 21.7 Å². The fourth-order valence-electron chi connectivity index (χ4n) is 1.27. The molecule has 0 atom stereocenters. The number of carbonyl (C=O) groups is 1. The van der Waals surface area contributed by atoms with E-state index in [0.717, 1.165) is 15.7 Å². The van der Waals surface area contributed by atoms with Crippen molar-refractivity contribution in [2.75, 3.05) is 0 Å².